The van der Waals surface area contributed by atoms with Gasteiger partial charge in [-0.05, 0) is 60.7 Å². The van der Waals surface area contributed by atoms with E-state index in [0.29, 0.717) is 43.7 Å². The summed E-state index contributed by atoms with van der Waals surface area (Å²) in [4.78, 5) is 28.2. The number of amides is 2. The van der Waals surface area contributed by atoms with E-state index in [1.807, 2.05) is 73.3 Å². The highest BCUT2D eigenvalue weighted by Gasteiger charge is 2.23. The lowest BCUT2D eigenvalue weighted by Crippen LogP contribution is -2.48. The fraction of sp³-hybridized carbons (Fsp3) is 0.375. The number of nitrogens with zero attached hydrogens (tertiary/aromatic N) is 1. The Morgan fingerprint density at radius 1 is 0.872 bits per heavy atom. The third kappa shape index (κ3) is 9.23. The van der Waals surface area contributed by atoms with Gasteiger partial charge in [0.05, 0.1) is 19.3 Å². The van der Waals surface area contributed by atoms with Crippen LogP contribution in [0.5, 0.6) is 5.75 Å². The minimum atomic E-state index is -0.832. The molecule has 3 rings (SSSR count). The maximum atomic E-state index is 13.3. The zero-order valence-corrected chi connectivity index (χ0v) is 23.2. The zero-order chi connectivity index (χ0) is 28.0. The summed E-state index contributed by atoms with van der Waals surface area (Å²) in [5, 5.41) is 17.4. The molecule has 0 spiro atoms. The van der Waals surface area contributed by atoms with Gasteiger partial charge in [0.1, 0.15) is 5.75 Å². The Bertz CT molecular complexity index is 1160. The topological polar surface area (TPSA) is 90.9 Å². The van der Waals surface area contributed by atoms with Crippen LogP contribution in [0.1, 0.15) is 58.5 Å². The highest BCUT2D eigenvalue weighted by molar-refractivity contribution is 5.99. The van der Waals surface area contributed by atoms with Crippen molar-refractivity contribution in [3.05, 3.63) is 101 Å². The van der Waals surface area contributed by atoms with Gasteiger partial charge in [0.25, 0.3) is 11.8 Å². The predicted molar refractivity (Wildman–Crippen MR) is 155 cm³/mol. The number of aliphatic hydroxyl groups is 1. The Balaban J connectivity index is 1.70. The minimum absolute atomic E-state index is 0.0723. The fourth-order valence-corrected chi connectivity index (χ4v) is 4.48. The fourth-order valence-electron chi connectivity index (χ4n) is 4.48. The number of carbonyl (C=O) groups is 2. The van der Waals surface area contributed by atoms with Crippen molar-refractivity contribution in [2.24, 2.45) is 0 Å². The van der Waals surface area contributed by atoms with Gasteiger partial charge in [-0.1, -0.05) is 62.4 Å². The van der Waals surface area contributed by atoms with Gasteiger partial charge in [-0.25, -0.2) is 0 Å². The second kappa shape index (κ2) is 15.7. The van der Waals surface area contributed by atoms with Gasteiger partial charge in [0, 0.05) is 37.3 Å². The Kier molecular flexibility index (Phi) is 12.0. The lowest BCUT2D eigenvalue weighted by molar-refractivity contribution is 0.0755. The molecule has 0 saturated heterocycles. The summed E-state index contributed by atoms with van der Waals surface area (Å²) in [7, 11) is 1.63. The van der Waals surface area contributed by atoms with Crippen LogP contribution in [0.2, 0.25) is 0 Å². The molecule has 7 heteroatoms. The van der Waals surface area contributed by atoms with Crippen molar-refractivity contribution < 1.29 is 19.4 Å². The van der Waals surface area contributed by atoms with Crippen LogP contribution in [0.4, 0.5) is 0 Å². The molecule has 39 heavy (non-hydrogen) atoms. The molecule has 3 aromatic carbocycles. The average Bonchev–Trinajstić information content (AvgIpc) is 2.97. The monoisotopic (exact) mass is 531 g/mol. The average molecular weight is 532 g/mol. The second-order valence-electron chi connectivity index (χ2n) is 9.69. The summed E-state index contributed by atoms with van der Waals surface area (Å²) in [5.41, 5.74) is 2.96. The van der Waals surface area contributed by atoms with Crippen LogP contribution < -0.4 is 15.4 Å². The molecule has 0 aliphatic heterocycles. The van der Waals surface area contributed by atoms with Gasteiger partial charge in [-0.15, -0.1) is 0 Å². The third-order valence-electron chi connectivity index (χ3n) is 6.57. The van der Waals surface area contributed by atoms with E-state index in [4.69, 9.17) is 4.74 Å². The normalized spacial score (nSPS) is 12.4. The molecule has 0 fully saturated rings. The molecular weight excluding hydrogens is 490 g/mol. The van der Waals surface area contributed by atoms with Crippen molar-refractivity contribution in [1.29, 1.82) is 0 Å². The van der Waals surface area contributed by atoms with Crippen LogP contribution in [-0.4, -0.2) is 60.7 Å². The molecule has 0 aromatic heterocycles. The predicted octanol–water partition coefficient (Wildman–Crippen LogP) is 4.45. The summed E-state index contributed by atoms with van der Waals surface area (Å²) >= 11 is 0. The van der Waals surface area contributed by atoms with Crippen LogP contribution in [0.25, 0.3) is 0 Å². The number of rotatable bonds is 15. The van der Waals surface area contributed by atoms with E-state index < -0.39 is 12.1 Å². The standard InChI is InChI=1S/C32H41N3O4/c1-4-18-35(19-5-2)32(38)27-13-9-12-26(21-27)31(37)34-29(20-24-10-7-6-8-11-24)30(36)23-33-22-25-14-16-28(39-3)17-15-25/h6-17,21,29-30,33,36H,4-5,18-20,22-23H2,1-3H3,(H,34,37)/t29-,30-/m0/s1. The van der Waals surface area contributed by atoms with Gasteiger partial charge in [-0.2, -0.15) is 0 Å². The molecule has 2 atom stereocenters. The quantitative estimate of drug-likeness (QED) is 0.270. The van der Waals surface area contributed by atoms with Crippen molar-refractivity contribution in [2.45, 2.75) is 51.8 Å². The van der Waals surface area contributed by atoms with E-state index in [9.17, 15) is 14.7 Å². The molecule has 2 amide bonds. The molecule has 0 bridgehead atoms. The van der Waals surface area contributed by atoms with E-state index in [2.05, 4.69) is 10.6 Å². The number of carbonyl (C=O) groups excluding carboxylic acids is 2. The van der Waals surface area contributed by atoms with E-state index in [1.54, 1.807) is 31.4 Å². The summed E-state index contributed by atoms with van der Waals surface area (Å²) in [6.07, 6.45) is 1.38. The Morgan fingerprint density at radius 2 is 1.54 bits per heavy atom. The maximum absolute atomic E-state index is 13.3. The molecule has 3 N–H and O–H groups in total. The van der Waals surface area contributed by atoms with Crippen molar-refractivity contribution in [3.63, 3.8) is 0 Å². The lowest BCUT2D eigenvalue weighted by atomic mass is 10.00. The number of nitrogens with one attached hydrogen (secondary N) is 2. The zero-order valence-electron chi connectivity index (χ0n) is 23.2. The minimum Gasteiger partial charge on any atom is -0.497 e. The second-order valence-corrected chi connectivity index (χ2v) is 9.69. The van der Waals surface area contributed by atoms with Gasteiger partial charge in [-0.3, -0.25) is 9.59 Å². The number of aliphatic hydroxyl groups excluding tert-OH is 1. The van der Waals surface area contributed by atoms with Crippen molar-refractivity contribution >= 4 is 11.8 Å². The molecule has 208 valence electrons. The van der Waals surface area contributed by atoms with Gasteiger partial charge >= 0.3 is 0 Å². The van der Waals surface area contributed by atoms with Crippen LogP contribution in [-0.2, 0) is 13.0 Å². The lowest BCUT2D eigenvalue weighted by Gasteiger charge is -2.25. The number of methoxy groups -OCH3 is 1. The van der Waals surface area contributed by atoms with Gasteiger partial charge < -0.3 is 25.4 Å². The van der Waals surface area contributed by atoms with Crippen LogP contribution in [0.15, 0.2) is 78.9 Å². The molecule has 3 aromatic rings. The van der Waals surface area contributed by atoms with E-state index in [1.165, 1.54) is 0 Å². The maximum Gasteiger partial charge on any atom is 0.253 e. The molecule has 0 radical (unpaired) electrons. The van der Waals surface area contributed by atoms with Crippen molar-refractivity contribution in [2.75, 3.05) is 26.7 Å². The molecule has 0 aliphatic carbocycles. The van der Waals surface area contributed by atoms with Crippen molar-refractivity contribution in [1.82, 2.24) is 15.5 Å². The van der Waals surface area contributed by atoms with E-state index in [-0.39, 0.29) is 11.8 Å². The summed E-state index contributed by atoms with van der Waals surface area (Å²) < 4.78 is 5.21. The Hall–Kier alpha value is -3.68. The van der Waals surface area contributed by atoms with Gasteiger partial charge in [0.15, 0.2) is 0 Å². The first-order chi connectivity index (χ1) is 18.9. The van der Waals surface area contributed by atoms with Crippen LogP contribution in [0, 0.1) is 0 Å². The summed E-state index contributed by atoms with van der Waals surface area (Å²) in [6, 6.07) is 23.8. The van der Waals surface area contributed by atoms with Crippen LogP contribution >= 0.6 is 0 Å². The summed E-state index contributed by atoms with van der Waals surface area (Å²) in [5.74, 6) is 0.396. The third-order valence-corrected chi connectivity index (χ3v) is 6.57. The SMILES string of the molecule is CCCN(CCC)C(=O)c1cccc(C(=O)N[C@@H](Cc2ccccc2)[C@@H](O)CNCc2ccc(OC)cc2)c1. The Morgan fingerprint density at radius 3 is 2.18 bits per heavy atom. The van der Waals surface area contributed by atoms with Crippen molar-refractivity contribution in [3.8, 4) is 5.75 Å². The number of hydrogen-bond donors (Lipinski definition) is 3. The number of ether oxygens (including phenoxy) is 1. The highest BCUT2D eigenvalue weighted by atomic mass is 16.5. The molecular formula is C32H41N3O4. The summed E-state index contributed by atoms with van der Waals surface area (Å²) in [6.45, 7) is 6.32. The number of benzene rings is 3. The van der Waals surface area contributed by atoms with E-state index >= 15 is 0 Å². The first-order valence-electron chi connectivity index (χ1n) is 13.7. The van der Waals surface area contributed by atoms with Crippen LogP contribution in [0.3, 0.4) is 0 Å². The smallest absolute Gasteiger partial charge is 0.253 e. The molecule has 0 aliphatic rings. The first kappa shape index (κ1) is 29.9. The molecule has 7 nitrogen and oxygen atoms in total. The highest BCUT2D eigenvalue weighted by Crippen LogP contribution is 2.13. The first-order valence-corrected chi connectivity index (χ1v) is 13.7. The largest absolute Gasteiger partial charge is 0.497 e. The molecule has 0 unspecified atom stereocenters. The molecule has 0 heterocycles. The number of hydrogen-bond acceptors (Lipinski definition) is 5. The Labute approximate surface area is 232 Å². The van der Waals surface area contributed by atoms with E-state index in [0.717, 1.165) is 29.7 Å². The van der Waals surface area contributed by atoms with Gasteiger partial charge in [0.2, 0.25) is 0 Å². The molecule has 0 saturated carbocycles.